The van der Waals surface area contributed by atoms with Crippen molar-refractivity contribution in [3.05, 3.63) is 188 Å². The fourth-order valence-electron chi connectivity index (χ4n) is 8.59. The second-order valence-corrected chi connectivity index (χ2v) is 13.3. The molecule has 11 aromatic rings. The van der Waals surface area contributed by atoms with E-state index in [0.717, 1.165) is 17.1 Å². The van der Waals surface area contributed by atoms with Crippen LogP contribution in [-0.4, -0.2) is 13.7 Å². The number of nitrogens with zero attached hydrogens (tertiary/aromatic N) is 3. The first-order valence-electron chi connectivity index (χ1n) is 17.5. The van der Waals surface area contributed by atoms with Crippen LogP contribution in [0.4, 0.5) is 0 Å². The van der Waals surface area contributed by atoms with E-state index in [-0.39, 0.29) is 0 Å². The first-order chi connectivity index (χ1) is 25.4. The van der Waals surface area contributed by atoms with E-state index in [1.807, 2.05) is 0 Å². The van der Waals surface area contributed by atoms with Crippen molar-refractivity contribution >= 4 is 65.4 Å². The van der Waals surface area contributed by atoms with Crippen LogP contribution in [0.1, 0.15) is 0 Å². The fraction of sp³-hybridized carbons (Fsp3) is 0. The predicted molar refractivity (Wildman–Crippen MR) is 215 cm³/mol. The third-order valence-electron chi connectivity index (χ3n) is 10.7. The Morgan fingerprint density at radius 3 is 0.980 bits per heavy atom. The topological polar surface area (TPSA) is 14.8 Å². The molecule has 0 aliphatic rings. The quantitative estimate of drug-likeness (QED) is 0.180. The van der Waals surface area contributed by atoms with Gasteiger partial charge in [-0.15, -0.1) is 0 Å². The summed E-state index contributed by atoms with van der Waals surface area (Å²) in [6.07, 6.45) is 0. The first kappa shape index (κ1) is 28.0. The molecule has 8 aromatic carbocycles. The van der Waals surface area contributed by atoms with Gasteiger partial charge in [0.25, 0.3) is 0 Å². The van der Waals surface area contributed by atoms with Crippen molar-refractivity contribution in [3.63, 3.8) is 0 Å². The molecule has 0 spiro atoms. The van der Waals surface area contributed by atoms with E-state index in [1.54, 1.807) is 0 Å². The molecule has 51 heavy (non-hydrogen) atoms. The average molecular weight is 650 g/mol. The summed E-state index contributed by atoms with van der Waals surface area (Å²) in [5.41, 5.74) is 13.0. The summed E-state index contributed by atoms with van der Waals surface area (Å²) < 4.78 is 7.39. The van der Waals surface area contributed by atoms with Gasteiger partial charge in [-0.25, -0.2) is 0 Å². The lowest BCUT2D eigenvalue weighted by Gasteiger charge is -2.19. The van der Waals surface area contributed by atoms with Crippen molar-refractivity contribution < 1.29 is 0 Å². The number of fused-ring (bicyclic) bond motifs is 9. The molecule has 0 unspecified atom stereocenters. The van der Waals surface area contributed by atoms with Crippen LogP contribution >= 0.6 is 0 Å². The summed E-state index contributed by atoms with van der Waals surface area (Å²) in [5.74, 6) is 0. The normalized spacial score (nSPS) is 11.9. The van der Waals surface area contributed by atoms with Crippen LogP contribution in [-0.2, 0) is 0 Å². The van der Waals surface area contributed by atoms with Crippen LogP contribution in [0.3, 0.4) is 0 Å². The molecule has 3 heteroatoms. The molecule has 0 fully saturated rings. The third kappa shape index (κ3) is 3.94. The highest BCUT2D eigenvalue weighted by Crippen LogP contribution is 2.43. The molecule has 0 N–H and O–H groups in total. The van der Waals surface area contributed by atoms with E-state index in [2.05, 4.69) is 202 Å². The van der Waals surface area contributed by atoms with E-state index in [0.29, 0.717) is 0 Å². The molecule has 11 rings (SSSR count). The minimum atomic E-state index is 1.14. The molecule has 0 bridgehead atoms. The highest BCUT2D eigenvalue weighted by Gasteiger charge is 2.22. The highest BCUT2D eigenvalue weighted by atomic mass is 15.1. The maximum absolute atomic E-state index is 2.50. The van der Waals surface area contributed by atoms with Gasteiger partial charge in [0.15, 0.2) is 0 Å². The monoisotopic (exact) mass is 649 g/mol. The van der Waals surface area contributed by atoms with E-state index in [4.69, 9.17) is 0 Å². The van der Waals surface area contributed by atoms with E-state index in [1.165, 1.54) is 76.5 Å². The second kappa shape index (κ2) is 10.8. The maximum atomic E-state index is 2.50. The summed E-state index contributed by atoms with van der Waals surface area (Å²) in [6.45, 7) is 0. The number of rotatable bonds is 4. The second-order valence-electron chi connectivity index (χ2n) is 13.3. The predicted octanol–water partition coefficient (Wildman–Crippen LogP) is 12.6. The van der Waals surface area contributed by atoms with E-state index < -0.39 is 0 Å². The molecule has 0 radical (unpaired) electrons. The number of aromatic nitrogens is 3. The summed E-state index contributed by atoms with van der Waals surface area (Å²) in [6, 6.07) is 68.4. The molecule has 238 valence electrons. The molecule has 0 aliphatic heterocycles. The SMILES string of the molecule is c1ccc(-n2c3ccccc3c3ccccc32)c(-c2ccccc2-n2c3ccccc3c3cccc(-n4c5ccccc5c5ccccc54)c32)c1. The van der Waals surface area contributed by atoms with E-state index in [9.17, 15) is 0 Å². The highest BCUT2D eigenvalue weighted by molar-refractivity contribution is 6.15. The summed E-state index contributed by atoms with van der Waals surface area (Å²) in [7, 11) is 0. The maximum Gasteiger partial charge on any atom is 0.0782 e. The molecule has 0 amide bonds. The van der Waals surface area contributed by atoms with Gasteiger partial charge in [-0.05, 0) is 48.5 Å². The molecule has 0 aliphatic carbocycles. The Hall–Kier alpha value is -6.84. The smallest absolute Gasteiger partial charge is 0.0782 e. The molecule has 3 nitrogen and oxygen atoms in total. The molecule has 3 aromatic heterocycles. The molecular formula is C48H31N3. The van der Waals surface area contributed by atoms with Crippen molar-refractivity contribution in [2.75, 3.05) is 0 Å². The Bertz CT molecular complexity index is 3040. The van der Waals surface area contributed by atoms with Gasteiger partial charge in [-0.2, -0.15) is 0 Å². The van der Waals surface area contributed by atoms with Gasteiger partial charge in [0.2, 0.25) is 0 Å². The number of para-hydroxylation sites is 8. The van der Waals surface area contributed by atoms with Crippen LogP contribution in [0.2, 0.25) is 0 Å². The molecular weight excluding hydrogens is 619 g/mol. The standard InChI is InChI=1S/C48H31N3/c1-8-24-40-32(16-1)33-17-2-9-25-41(33)49(40)42-26-10-3-20-36(42)37-21-6-13-29-45(37)51-46-30-14-7-22-38(46)39-23-15-31-47(48(39)51)50-43-27-11-4-18-34(43)35-19-5-12-28-44(35)50/h1-31H. The summed E-state index contributed by atoms with van der Waals surface area (Å²) >= 11 is 0. The van der Waals surface area contributed by atoms with Crippen molar-refractivity contribution in [1.82, 2.24) is 13.7 Å². The first-order valence-corrected chi connectivity index (χ1v) is 17.5. The van der Waals surface area contributed by atoms with Crippen LogP contribution in [0.15, 0.2) is 188 Å². The Kier molecular flexibility index (Phi) is 5.96. The largest absolute Gasteiger partial charge is 0.309 e. The Balaban J connectivity index is 1.25. The number of hydrogen-bond donors (Lipinski definition) is 0. The number of hydrogen-bond acceptors (Lipinski definition) is 0. The van der Waals surface area contributed by atoms with Crippen LogP contribution < -0.4 is 0 Å². The lowest BCUT2D eigenvalue weighted by atomic mass is 10.0. The van der Waals surface area contributed by atoms with Gasteiger partial charge >= 0.3 is 0 Å². The minimum Gasteiger partial charge on any atom is -0.309 e. The Labute approximate surface area is 294 Å². The zero-order chi connectivity index (χ0) is 33.5. The number of benzene rings is 8. The molecule has 0 atom stereocenters. The lowest BCUT2D eigenvalue weighted by molar-refractivity contribution is 1.13. The van der Waals surface area contributed by atoms with Crippen LogP contribution in [0.5, 0.6) is 0 Å². The van der Waals surface area contributed by atoms with Crippen LogP contribution in [0, 0.1) is 0 Å². The van der Waals surface area contributed by atoms with Gasteiger partial charge in [0, 0.05) is 43.4 Å². The van der Waals surface area contributed by atoms with E-state index >= 15 is 0 Å². The van der Waals surface area contributed by atoms with Crippen molar-refractivity contribution in [1.29, 1.82) is 0 Å². The van der Waals surface area contributed by atoms with Crippen molar-refractivity contribution in [2.45, 2.75) is 0 Å². The molecule has 0 saturated carbocycles. The Morgan fingerprint density at radius 2 is 0.510 bits per heavy atom. The summed E-state index contributed by atoms with van der Waals surface area (Å²) in [4.78, 5) is 0. The van der Waals surface area contributed by atoms with Crippen molar-refractivity contribution in [3.8, 4) is 28.2 Å². The van der Waals surface area contributed by atoms with Gasteiger partial charge in [0.1, 0.15) is 0 Å². The zero-order valence-corrected chi connectivity index (χ0v) is 27.7. The molecule has 3 heterocycles. The van der Waals surface area contributed by atoms with Crippen LogP contribution in [0.25, 0.3) is 93.6 Å². The lowest BCUT2D eigenvalue weighted by Crippen LogP contribution is -2.03. The van der Waals surface area contributed by atoms with Gasteiger partial charge in [-0.3, -0.25) is 0 Å². The average Bonchev–Trinajstić information content (AvgIpc) is 3.84. The van der Waals surface area contributed by atoms with Gasteiger partial charge in [-0.1, -0.05) is 140 Å². The zero-order valence-electron chi connectivity index (χ0n) is 27.7. The molecule has 0 saturated heterocycles. The Morgan fingerprint density at radius 1 is 0.216 bits per heavy atom. The summed E-state index contributed by atoms with van der Waals surface area (Å²) in [5, 5.41) is 7.50. The van der Waals surface area contributed by atoms with Gasteiger partial charge in [0.05, 0.1) is 50.2 Å². The van der Waals surface area contributed by atoms with Gasteiger partial charge < -0.3 is 13.7 Å². The minimum absolute atomic E-state index is 1.14. The van der Waals surface area contributed by atoms with Crippen molar-refractivity contribution in [2.24, 2.45) is 0 Å². The third-order valence-corrected chi connectivity index (χ3v) is 10.7. The fourth-order valence-corrected chi connectivity index (χ4v) is 8.59.